The van der Waals surface area contributed by atoms with E-state index >= 15 is 0 Å². The Bertz CT molecular complexity index is 381. The van der Waals surface area contributed by atoms with E-state index in [1.54, 1.807) is 0 Å². The molecule has 0 bridgehead atoms. The highest BCUT2D eigenvalue weighted by Gasteiger charge is 2.40. The number of fused-ring (bicyclic) bond motifs is 1. The van der Waals surface area contributed by atoms with Gasteiger partial charge >= 0.3 is 0 Å². The maximum absolute atomic E-state index is 10.2. The third-order valence-corrected chi connectivity index (χ3v) is 3.88. The highest BCUT2D eigenvalue weighted by molar-refractivity contribution is 5.05. The molecule has 2 aliphatic rings. The number of aryl methyl sites for hydroxylation is 1. The van der Waals surface area contributed by atoms with Gasteiger partial charge < -0.3 is 15.0 Å². The van der Waals surface area contributed by atoms with Crippen LogP contribution in [0.25, 0.3) is 0 Å². The van der Waals surface area contributed by atoms with Crippen LogP contribution in [-0.4, -0.2) is 26.8 Å². The Labute approximate surface area is 95.7 Å². The highest BCUT2D eigenvalue weighted by Crippen LogP contribution is 2.39. The van der Waals surface area contributed by atoms with Gasteiger partial charge in [0, 0.05) is 25.5 Å². The molecule has 2 N–H and O–H groups in total. The van der Waals surface area contributed by atoms with E-state index in [9.17, 15) is 5.11 Å². The Balaban J connectivity index is 1.60. The smallest absolute Gasteiger partial charge is 0.125 e. The van der Waals surface area contributed by atoms with Crippen LogP contribution in [-0.2, 0) is 6.54 Å². The molecule has 4 nitrogen and oxygen atoms in total. The maximum atomic E-state index is 10.2. The third kappa shape index (κ3) is 1.76. The molecule has 1 fully saturated rings. The number of aromatic nitrogens is 2. The summed E-state index contributed by atoms with van der Waals surface area (Å²) in [5.41, 5.74) is -0.542. The summed E-state index contributed by atoms with van der Waals surface area (Å²) in [6, 6.07) is 0.320. The predicted octanol–water partition coefficient (Wildman–Crippen LogP) is 1.08. The van der Waals surface area contributed by atoms with Crippen LogP contribution in [0.3, 0.4) is 0 Å². The summed E-state index contributed by atoms with van der Waals surface area (Å²) in [5, 5.41) is 13.7. The molecule has 1 saturated carbocycles. The molecule has 2 heterocycles. The molecule has 3 rings (SSSR count). The maximum Gasteiger partial charge on any atom is 0.125 e. The average molecular weight is 221 g/mol. The molecule has 1 aliphatic heterocycles. The lowest BCUT2D eigenvalue weighted by Gasteiger charge is -2.25. The van der Waals surface area contributed by atoms with Crippen LogP contribution in [0.1, 0.15) is 38.1 Å². The number of imidazole rings is 1. The van der Waals surface area contributed by atoms with E-state index in [-0.39, 0.29) is 0 Å². The number of nitrogens with zero attached hydrogens (tertiary/aromatic N) is 2. The van der Waals surface area contributed by atoms with Crippen molar-refractivity contribution in [2.75, 3.05) is 6.54 Å². The molecule has 0 radical (unpaired) electrons. The monoisotopic (exact) mass is 221 g/mol. The average Bonchev–Trinajstić information content (AvgIpc) is 2.88. The van der Waals surface area contributed by atoms with Crippen LogP contribution in [0.5, 0.6) is 0 Å². The van der Waals surface area contributed by atoms with Gasteiger partial charge in [0.2, 0.25) is 0 Å². The molecule has 16 heavy (non-hydrogen) atoms. The quantitative estimate of drug-likeness (QED) is 0.800. The molecule has 1 aliphatic carbocycles. The van der Waals surface area contributed by atoms with E-state index in [4.69, 9.17) is 0 Å². The van der Waals surface area contributed by atoms with Gasteiger partial charge in [0.1, 0.15) is 5.82 Å². The van der Waals surface area contributed by atoms with Crippen LogP contribution < -0.4 is 5.32 Å². The van der Waals surface area contributed by atoms with Gasteiger partial charge in [-0.25, -0.2) is 4.98 Å². The minimum atomic E-state index is -0.542. The minimum absolute atomic E-state index is 0.320. The summed E-state index contributed by atoms with van der Waals surface area (Å²) in [5.74, 6) is 1.62. The molecule has 0 amide bonds. The number of nitrogens with one attached hydrogen (secondary N) is 1. The molecule has 0 aromatic carbocycles. The molecule has 88 valence electrons. The molecule has 1 aromatic heterocycles. The fourth-order valence-electron chi connectivity index (χ4n) is 2.59. The first-order valence-electron chi connectivity index (χ1n) is 6.13. The van der Waals surface area contributed by atoms with Crippen molar-refractivity contribution in [2.45, 2.75) is 44.4 Å². The van der Waals surface area contributed by atoms with E-state index in [1.807, 2.05) is 19.3 Å². The van der Waals surface area contributed by atoms with Crippen molar-refractivity contribution in [1.29, 1.82) is 0 Å². The first kappa shape index (κ1) is 10.3. The van der Waals surface area contributed by atoms with Crippen molar-refractivity contribution in [3.63, 3.8) is 0 Å². The van der Waals surface area contributed by atoms with Crippen molar-refractivity contribution in [1.82, 2.24) is 14.9 Å². The SMILES string of the molecule is CC(O)(CNC1CCn2ccnc21)C1CC1. The summed E-state index contributed by atoms with van der Waals surface area (Å²) < 4.78 is 2.18. The zero-order chi connectivity index (χ0) is 11.2. The summed E-state index contributed by atoms with van der Waals surface area (Å²) >= 11 is 0. The van der Waals surface area contributed by atoms with Crippen LogP contribution in [0.2, 0.25) is 0 Å². The zero-order valence-electron chi connectivity index (χ0n) is 9.69. The van der Waals surface area contributed by atoms with Gasteiger partial charge in [-0.2, -0.15) is 0 Å². The number of aliphatic hydroxyl groups is 1. The van der Waals surface area contributed by atoms with Crippen molar-refractivity contribution < 1.29 is 5.11 Å². The largest absolute Gasteiger partial charge is 0.389 e. The van der Waals surface area contributed by atoms with E-state index in [0.29, 0.717) is 18.5 Å². The third-order valence-electron chi connectivity index (χ3n) is 3.88. The number of rotatable bonds is 4. The molecular formula is C12H19N3O. The second kappa shape index (κ2) is 3.57. The second-order valence-electron chi connectivity index (χ2n) is 5.33. The lowest BCUT2D eigenvalue weighted by Crippen LogP contribution is -2.41. The Kier molecular flexibility index (Phi) is 2.30. The van der Waals surface area contributed by atoms with E-state index in [0.717, 1.165) is 18.8 Å². The van der Waals surface area contributed by atoms with Crippen molar-refractivity contribution in [2.24, 2.45) is 5.92 Å². The molecule has 0 spiro atoms. The Morgan fingerprint density at radius 1 is 1.56 bits per heavy atom. The molecular weight excluding hydrogens is 202 g/mol. The van der Waals surface area contributed by atoms with Gasteiger partial charge in [-0.3, -0.25) is 0 Å². The van der Waals surface area contributed by atoms with Gasteiger partial charge in [-0.1, -0.05) is 0 Å². The first-order chi connectivity index (χ1) is 7.67. The Morgan fingerprint density at radius 3 is 3.12 bits per heavy atom. The van der Waals surface area contributed by atoms with Gasteiger partial charge in [0.25, 0.3) is 0 Å². The topological polar surface area (TPSA) is 50.1 Å². The van der Waals surface area contributed by atoms with Crippen molar-refractivity contribution in [3.05, 3.63) is 18.2 Å². The molecule has 2 unspecified atom stereocenters. The molecule has 2 atom stereocenters. The van der Waals surface area contributed by atoms with Crippen LogP contribution >= 0.6 is 0 Å². The van der Waals surface area contributed by atoms with Gasteiger partial charge in [0.15, 0.2) is 0 Å². The van der Waals surface area contributed by atoms with E-state index in [1.165, 1.54) is 12.8 Å². The Hall–Kier alpha value is -0.870. The van der Waals surface area contributed by atoms with Crippen LogP contribution in [0.15, 0.2) is 12.4 Å². The van der Waals surface area contributed by atoms with E-state index in [2.05, 4.69) is 14.9 Å². The zero-order valence-corrected chi connectivity index (χ0v) is 9.69. The van der Waals surface area contributed by atoms with Crippen molar-refractivity contribution in [3.8, 4) is 0 Å². The van der Waals surface area contributed by atoms with Crippen LogP contribution in [0, 0.1) is 5.92 Å². The lowest BCUT2D eigenvalue weighted by atomic mass is 10.0. The van der Waals surface area contributed by atoms with Gasteiger partial charge in [0.05, 0.1) is 11.6 Å². The highest BCUT2D eigenvalue weighted by atomic mass is 16.3. The fourth-order valence-corrected chi connectivity index (χ4v) is 2.59. The summed E-state index contributed by atoms with van der Waals surface area (Å²) in [6.07, 6.45) is 7.31. The summed E-state index contributed by atoms with van der Waals surface area (Å²) in [7, 11) is 0. The second-order valence-corrected chi connectivity index (χ2v) is 5.33. The number of hydrogen-bond donors (Lipinski definition) is 2. The molecule has 4 heteroatoms. The summed E-state index contributed by atoms with van der Waals surface area (Å²) in [4.78, 5) is 4.36. The van der Waals surface area contributed by atoms with Crippen LogP contribution in [0.4, 0.5) is 0 Å². The van der Waals surface area contributed by atoms with E-state index < -0.39 is 5.60 Å². The predicted molar refractivity (Wildman–Crippen MR) is 60.9 cm³/mol. The van der Waals surface area contributed by atoms with Gasteiger partial charge in [-0.15, -0.1) is 0 Å². The number of hydrogen-bond acceptors (Lipinski definition) is 3. The van der Waals surface area contributed by atoms with Crippen molar-refractivity contribution >= 4 is 0 Å². The molecule has 0 saturated heterocycles. The minimum Gasteiger partial charge on any atom is -0.389 e. The lowest BCUT2D eigenvalue weighted by molar-refractivity contribution is 0.0341. The van der Waals surface area contributed by atoms with Gasteiger partial charge in [-0.05, 0) is 32.1 Å². The summed E-state index contributed by atoms with van der Waals surface area (Å²) in [6.45, 7) is 3.66. The standard InChI is InChI=1S/C12H19N3O/c1-12(16,9-2-3-9)8-14-10-4-6-15-7-5-13-11(10)15/h5,7,9-10,14,16H,2-4,6,8H2,1H3. The molecule has 1 aromatic rings. The Morgan fingerprint density at radius 2 is 2.38 bits per heavy atom. The fraction of sp³-hybridized carbons (Fsp3) is 0.750. The first-order valence-corrected chi connectivity index (χ1v) is 6.13. The normalized spacial score (nSPS) is 27.8.